The van der Waals surface area contributed by atoms with Crippen molar-refractivity contribution in [2.24, 2.45) is 5.92 Å². The summed E-state index contributed by atoms with van der Waals surface area (Å²) in [5.41, 5.74) is 0.973. The number of likely N-dealkylation sites (tertiary alicyclic amines) is 2. The molecule has 2 aliphatic heterocycles. The van der Waals surface area contributed by atoms with E-state index in [1.807, 2.05) is 35.0 Å². The molecule has 7 heteroatoms. The van der Waals surface area contributed by atoms with E-state index in [2.05, 4.69) is 32.2 Å². The Morgan fingerprint density at radius 2 is 1.68 bits per heavy atom. The van der Waals surface area contributed by atoms with Crippen molar-refractivity contribution in [3.8, 4) is 5.69 Å². The van der Waals surface area contributed by atoms with Gasteiger partial charge in [0.25, 0.3) is 0 Å². The number of hydrogen-bond acceptors (Lipinski definition) is 5. The van der Waals surface area contributed by atoms with Crippen LogP contribution in [0.4, 0.5) is 0 Å². The molecule has 1 atom stereocenters. The van der Waals surface area contributed by atoms with E-state index in [1.165, 1.54) is 12.8 Å². The average Bonchev–Trinajstić information content (AvgIpc) is 3.08. The maximum atomic E-state index is 12.9. The molecule has 2 saturated heterocycles. The van der Waals surface area contributed by atoms with Crippen molar-refractivity contribution in [2.45, 2.75) is 51.5 Å². The molecule has 4 rings (SSSR count). The van der Waals surface area contributed by atoms with Crippen LogP contribution in [0.15, 0.2) is 30.3 Å². The first-order chi connectivity index (χ1) is 13.7. The Morgan fingerprint density at radius 1 is 1.00 bits per heavy atom. The van der Waals surface area contributed by atoms with Gasteiger partial charge in [0.15, 0.2) is 5.82 Å². The fraction of sp³-hybridized carbons (Fsp3) is 0.619. The van der Waals surface area contributed by atoms with Crippen LogP contribution in [0.3, 0.4) is 0 Å². The number of hydrogen-bond donors (Lipinski definition) is 0. The first kappa shape index (κ1) is 19.1. The van der Waals surface area contributed by atoms with Gasteiger partial charge in [-0.3, -0.25) is 9.69 Å². The Bertz CT molecular complexity index is 760. The molecule has 1 unspecified atom stereocenters. The zero-order chi connectivity index (χ0) is 19.3. The van der Waals surface area contributed by atoms with Crippen LogP contribution in [0.5, 0.6) is 0 Å². The second kappa shape index (κ2) is 8.82. The predicted molar refractivity (Wildman–Crippen MR) is 107 cm³/mol. The van der Waals surface area contributed by atoms with Crippen molar-refractivity contribution in [1.82, 2.24) is 30.0 Å². The van der Waals surface area contributed by atoms with E-state index in [1.54, 1.807) is 0 Å². The minimum absolute atomic E-state index is 0.115. The zero-order valence-corrected chi connectivity index (χ0v) is 16.7. The van der Waals surface area contributed by atoms with Crippen molar-refractivity contribution in [1.29, 1.82) is 0 Å². The van der Waals surface area contributed by atoms with Gasteiger partial charge in [0, 0.05) is 19.0 Å². The molecule has 7 nitrogen and oxygen atoms in total. The maximum absolute atomic E-state index is 12.9. The third-order valence-corrected chi connectivity index (χ3v) is 6.21. The van der Waals surface area contributed by atoms with Crippen molar-refractivity contribution >= 4 is 5.91 Å². The highest BCUT2D eigenvalue weighted by Gasteiger charge is 2.32. The second-order valence-electron chi connectivity index (χ2n) is 8.01. The van der Waals surface area contributed by atoms with Gasteiger partial charge in [-0.05, 0) is 68.3 Å². The lowest BCUT2D eigenvalue weighted by molar-refractivity contribution is -0.137. The van der Waals surface area contributed by atoms with Crippen molar-refractivity contribution in [3.63, 3.8) is 0 Å². The van der Waals surface area contributed by atoms with Crippen LogP contribution >= 0.6 is 0 Å². The molecule has 150 valence electrons. The standard InChI is InChI=1S/C21H30N6O/c1-17(20-22-23-24-27(20)19-9-5-4-6-10-19)25-15-11-18(12-16-25)21(28)26-13-7-2-3-8-14-26/h4-6,9-10,17-18H,2-3,7-8,11-16H2,1H3. The van der Waals surface area contributed by atoms with E-state index in [9.17, 15) is 4.79 Å². The van der Waals surface area contributed by atoms with E-state index in [4.69, 9.17) is 0 Å². The molecule has 0 spiro atoms. The van der Waals surface area contributed by atoms with Gasteiger partial charge in [-0.2, -0.15) is 4.68 Å². The van der Waals surface area contributed by atoms with Gasteiger partial charge in [0.1, 0.15) is 0 Å². The average molecular weight is 383 g/mol. The van der Waals surface area contributed by atoms with Crippen LogP contribution in [0, 0.1) is 5.92 Å². The number of carbonyl (C=O) groups is 1. The smallest absolute Gasteiger partial charge is 0.225 e. The quantitative estimate of drug-likeness (QED) is 0.813. The molecule has 2 fully saturated rings. The van der Waals surface area contributed by atoms with E-state index in [0.29, 0.717) is 5.91 Å². The minimum Gasteiger partial charge on any atom is -0.342 e. The first-order valence-corrected chi connectivity index (χ1v) is 10.6. The highest BCUT2D eigenvalue weighted by molar-refractivity contribution is 5.79. The molecule has 0 bridgehead atoms. The number of tetrazole rings is 1. The Kier molecular flexibility index (Phi) is 6.00. The van der Waals surface area contributed by atoms with Gasteiger partial charge in [-0.25, -0.2) is 0 Å². The number of benzene rings is 1. The van der Waals surface area contributed by atoms with Gasteiger partial charge in [-0.1, -0.05) is 31.0 Å². The molecule has 28 heavy (non-hydrogen) atoms. The highest BCUT2D eigenvalue weighted by atomic mass is 16.2. The minimum atomic E-state index is 0.115. The summed E-state index contributed by atoms with van der Waals surface area (Å²) < 4.78 is 1.82. The fourth-order valence-corrected chi connectivity index (χ4v) is 4.45. The molecule has 1 aromatic heterocycles. The summed E-state index contributed by atoms with van der Waals surface area (Å²) in [5.74, 6) is 1.40. The number of aromatic nitrogens is 4. The van der Waals surface area contributed by atoms with E-state index < -0.39 is 0 Å². The summed E-state index contributed by atoms with van der Waals surface area (Å²) in [5, 5.41) is 12.4. The SMILES string of the molecule is CC(c1nnnn1-c1ccccc1)N1CCC(C(=O)N2CCCCCC2)CC1. The number of rotatable bonds is 4. The highest BCUT2D eigenvalue weighted by Crippen LogP contribution is 2.28. The summed E-state index contributed by atoms with van der Waals surface area (Å²) in [6.07, 6.45) is 6.68. The summed E-state index contributed by atoms with van der Waals surface area (Å²) in [4.78, 5) is 17.4. The molecule has 1 amide bonds. The molecule has 0 N–H and O–H groups in total. The molecule has 0 aliphatic carbocycles. The van der Waals surface area contributed by atoms with Crippen molar-refractivity contribution in [3.05, 3.63) is 36.2 Å². The van der Waals surface area contributed by atoms with Gasteiger partial charge in [0.2, 0.25) is 5.91 Å². The Morgan fingerprint density at radius 3 is 2.36 bits per heavy atom. The Hall–Kier alpha value is -2.28. The van der Waals surface area contributed by atoms with Crippen LogP contribution in [0.25, 0.3) is 5.69 Å². The van der Waals surface area contributed by atoms with Crippen molar-refractivity contribution < 1.29 is 4.79 Å². The molecule has 0 saturated carbocycles. The number of para-hydroxylation sites is 1. The summed E-state index contributed by atoms with van der Waals surface area (Å²) in [6, 6.07) is 10.1. The summed E-state index contributed by atoms with van der Waals surface area (Å²) >= 11 is 0. The maximum Gasteiger partial charge on any atom is 0.225 e. The molecule has 3 heterocycles. The second-order valence-corrected chi connectivity index (χ2v) is 8.01. The van der Waals surface area contributed by atoms with E-state index in [-0.39, 0.29) is 12.0 Å². The van der Waals surface area contributed by atoms with Crippen LogP contribution < -0.4 is 0 Å². The summed E-state index contributed by atoms with van der Waals surface area (Å²) in [6.45, 7) is 5.87. The van der Waals surface area contributed by atoms with E-state index in [0.717, 1.165) is 63.4 Å². The molecule has 2 aliphatic rings. The third-order valence-electron chi connectivity index (χ3n) is 6.21. The lowest BCUT2D eigenvalue weighted by Gasteiger charge is -2.36. The first-order valence-electron chi connectivity index (χ1n) is 10.6. The molecular formula is C21H30N6O. The van der Waals surface area contributed by atoms with Crippen LogP contribution in [0.2, 0.25) is 0 Å². The monoisotopic (exact) mass is 382 g/mol. The number of amides is 1. The van der Waals surface area contributed by atoms with Gasteiger partial charge in [0.05, 0.1) is 11.7 Å². The normalized spacial score (nSPS) is 20.7. The fourth-order valence-electron chi connectivity index (χ4n) is 4.45. The van der Waals surface area contributed by atoms with E-state index >= 15 is 0 Å². The predicted octanol–water partition coefficient (Wildman–Crippen LogP) is 2.84. The number of piperidine rings is 1. The topological polar surface area (TPSA) is 67.2 Å². The molecular weight excluding hydrogens is 352 g/mol. The molecule has 1 aromatic carbocycles. The Labute approximate surface area is 166 Å². The lowest BCUT2D eigenvalue weighted by Crippen LogP contribution is -2.43. The number of nitrogens with zero attached hydrogens (tertiary/aromatic N) is 6. The largest absolute Gasteiger partial charge is 0.342 e. The van der Waals surface area contributed by atoms with Crippen LogP contribution in [-0.4, -0.2) is 62.1 Å². The van der Waals surface area contributed by atoms with Crippen LogP contribution in [-0.2, 0) is 4.79 Å². The molecule has 0 radical (unpaired) electrons. The Balaban J connectivity index is 1.38. The number of carbonyl (C=O) groups excluding carboxylic acids is 1. The molecule has 2 aromatic rings. The van der Waals surface area contributed by atoms with Gasteiger partial charge >= 0.3 is 0 Å². The van der Waals surface area contributed by atoms with Crippen molar-refractivity contribution in [2.75, 3.05) is 26.2 Å². The van der Waals surface area contributed by atoms with Gasteiger partial charge < -0.3 is 4.90 Å². The van der Waals surface area contributed by atoms with Crippen LogP contribution in [0.1, 0.15) is 57.3 Å². The zero-order valence-electron chi connectivity index (χ0n) is 16.7. The van der Waals surface area contributed by atoms with Gasteiger partial charge in [-0.15, -0.1) is 5.10 Å². The summed E-state index contributed by atoms with van der Waals surface area (Å²) in [7, 11) is 0. The third kappa shape index (κ3) is 4.09. The lowest BCUT2D eigenvalue weighted by atomic mass is 9.94.